The standard InChI is InChI=1S/C13H16N2O3S.C10H10N2O4S.C4H10S.C2H3N/c1-5-7-6-8(16)18-11-9(7)10(17)14-12(15-11)19-13(2,3)4;1-3-5-4-6(13)16-9-7(5)8(14)11-10(12-9)17(2)15;1-4(2,3)5;1-2-3/h6H,5H2,1-4H3,(H,14,15,17);4H,3H2,1-2H3,(H,11,12,14);5H,1-3H3;1H3. The average Bonchev–Trinajstić information content (AvgIpc) is 2.85. The summed E-state index contributed by atoms with van der Waals surface area (Å²) in [6, 6.07) is 4.36. The normalized spacial score (nSPS) is 11.7. The van der Waals surface area contributed by atoms with E-state index in [4.69, 9.17) is 14.1 Å². The Kier molecular flexibility index (Phi) is 14.5. The van der Waals surface area contributed by atoms with Crippen molar-refractivity contribution in [1.82, 2.24) is 19.9 Å². The van der Waals surface area contributed by atoms with Crippen LogP contribution in [0.2, 0.25) is 0 Å². The monoisotopic (exact) mass is 665 g/mol. The molecule has 4 heterocycles. The summed E-state index contributed by atoms with van der Waals surface area (Å²) in [5.74, 6) is 0. The third-order valence-electron chi connectivity index (χ3n) is 4.79. The van der Waals surface area contributed by atoms with Crippen molar-refractivity contribution < 1.29 is 13.0 Å². The lowest BCUT2D eigenvalue weighted by Gasteiger charge is -2.16. The van der Waals surface area contributed by atoms with E-state index in [1.807, 2.05) is 34.6 Å². The number of rotatable bonds is 4. The first kappa shape index (κ1) is 38.5. The molecule has 0 spiro atoms. The summed E-state index contributed by atoms with van der Waals surface area (Å²) < 4.78 is 21.2. The van der Waals surface area contributed by atoms with Gasteiger partial charge < -0.3 is 13.8 Å². The molecular formula is C29H39N5O7S3. The summed E-state index contributed by atoms with van der Waals surface area (Å²) in [5, 5.41) is 8.38. The number of H-pyrrole nitrogens is 2. The van der Waals surface area contributed by atoms with Crippen LogP contribution in [0, 0.1) is 11.3 Å². The number of hydrogen-bond donors (Lipinski definition) is 3. The first-order valence-corrected chi connectivity index (χ1v) is 16.3. The molecule has 1 unspecified atom stereocenters. The summed E-state index contributed by atoms with van der Waals surface area (Å²) in [6.07, 6.45) is 2.48. The third kappa shape index (κ3) is 12.6. The SMILES string of the molecule is CC#N.CC(C)(C)S.CCc1cc(=O)oc2nc(S(C)=O)[nH]c(=O)c12.CCc1cc(=O)oc2nc(SC(C)(C)C)[nH]c(=O)c12. The molecule has 0 aliphatic rings. The van der Waals surface area contributed by atoms with Crippen LogP contribution in [0.15, 0.2) is 50.5 Å². The molecule has 0 aromatic carbocycles. The molecule has 4 aromatic heterocycles. The Morgan fingerprint density at radius 2 is 1.27 bits per heavy atom. The fraction of sp³-hybridized carbons (Fsp3) is 0.483. The van der Waals surface area contributed by atoms with Gasteiger partial charge in [-0.3, -0.25) is 18.8 Å². The number of nitrogens with one attached hydrogen (secondary N) is 2. The highest BCUT2D eigenvalue weighted by molar-refractivity contribution is 8.00. The highest BCUT2D eigenvalue weighted by Gasteiger charge is 2.17. The topological polar surface area (TPSA) is 193 Å². The Balaban J connectivity index is 0.000000356. The Labute approximate surface area is 267 Å². The Morgan fingerprint density at radius 3 is 1.64 bits per heavy atom. The van der Waals surface area contributed by atoms with Gasteiger partial charge in [0, 0.05) is 34.8 Å². The maximum Gasteiger partial charge on any atom is 0.337 e. The quantitative estimate of drug-likeness (QED) is 0.155. The van der Waals surface area contributed by atoms with Gasteiger partial charge in [0.05, 0.1) is 16.9 Å². The molecule has 0 saturated carbocycles. The summed E-state index contributed by atoms with van der Waals surface area (Å²) in [7, 11) is -1.44. The van der Waals surface area contributed by atoms with Crippen molar-refractivity contribution in [3.8, 4) is 6.07 Å². The zero-order valence-electron chi connectivity index (χ0n) is 26.5. The molecule has 1 atom stereocenters. The lowest BCUT2D eigenvalue weighted by atomic mass is 10.1. The Morgan fingerprint density at radius 1 is 0.886 bits per heavy atom. The molecule has 4 aromatic rings. The first-order chi connectivity index (χ1) is 20.2. The number of nitriles is 1. The minimum absolute atomic E-state index is 0.00102. The van der Waals surface area contributed by atoms with E-state index in [0.29, 0.717) is 34.5 Å². The van der Waals surface area contributed by atoms with Crippen LogP contribution in [0.5, 0.6) is 0 Å². The highest BCUT2D eigenvalue weighted by Crippen LogP contribution is 2.29. The van der Waals surface area contributed by atoms with E-state index in [1.165, 1.54) is 37.1 Å². The molecule has 0 saturated heterocycles. The van der Waals surface area contributed by atoms with Crippen LogP contribution in [0.4, 0.5) is 0 Å². The minimum Gasteiger partial charge on any atom is -0.403 e. The number of nitrogens with zero attached hydrogens (tertiary/aromatic N) is 3. The number of fused-ring (bicyclic) bond motifs is 2. The van der Waals surface area contributed by atoms with E-state index in [2.05, 4.69) is 53.3 Å². The molecule has 0 aliphatic carbocycles. The van der Waals surface area contributed by atoms with Crippen LogP contribution in [0.1, 0.15) is 73.4 Å². The molecule has 0 radical (unpaired) electrons. The molecule has 4 rings (SSSR count). The molecule has 2 N–H and O–H groups in total. The summed E-state index contributed by atoms with van der Waals surface area (Å²) in [5.41, 5.74) is -0.485. The van der Waals surface area contributed by atoms with Gasteiger partial charge in [-0.25, -0.2) is 9.59 Å². The average molecular weight is 666 g/mol. The zero-order chi connectivity index (χ0) is 34.0. The lowest BCUT2D eigenvalue weighted by Crippen LogP contribution is -2.16. The van der Waals surface area contributed by atoms with Crippen LogP contribution >= 0.6 is 24.4 Å². The van der Waals surface area contributed by atoms with Gasteiger partial charge in [-0.15, -0.1) is 0 Å². The minimum atomic E-state index is -1.44. The van der Waals surface area contributed by atoms with Crippen LogP contribution in [0.3, 0.4) is 0 Å². The van der Waals surface area contributed by atoms with Gasteiger partial charge in [0.2, 0.25) is 16.6 Å². The lowest BCUT2D eigenvalue weighted by molar-refractivity contribution is 0.540. The smallest absolute Gasteiger partial charge is 0.337 e. The van der Waals surface area contributed by atoms with E-state index in [-0.39, 0.29) is 37.0 Å². The molecular weight excluding hydrogens is 627 g/mol. The Bertz CT molecular complexity index is 1880. The highest BCUT2D eigenvalue weighted by atomic mass is 32.2. The van der Waals surface area contributed by atoms with Gasteiger partial charge in [0.1, 0.15) is 10.8 Å². The fourth-order valence-corrected chi connectivity index (χ4v) is 4.59. The van der Waals surface area contributed by atoms with Gasteiger partial charge in [-0.1, -0.05) is 67.2 Å². The second-order valence-corrected chi connectivity index (χ2v) is 15.5. The molecule has 0 fully saturated rings. The number of aryl methyl sites for hydroxylation is 2. The maximum absolute atomic E-state index is 12.1. The van der Waals surface area contributed by atoms with E-state index in [1.54, 1.807) is 6.07 Å². The van der Waals surface area contributed by atoms with Crippen LogP contribution in [0.25, 0.3) is 22.2 Å². The van der Waals surface area contributed by atoms with E-state index in [0.717, 1.165) is 0 Å². The van der Waals surface area contributed by atoms with Crippen molar-refractivity contribution >= 4 is 57.4 Å². The van der Waals surface area contributed by atoms with E-state index >= 15 is 0 Å². The van der Waals surface area contributed by atoms with Crippen LogP contribution in [-0.4, -0.2) is 39.9 Å². The molecule has 12 nitrogen and oxygen atoms in total. The van der Waals surface area contributed by atoms with Gasteiger partial charge in [0.25, 0.3) is 11.1 Å². The van der Waals surface area contributed by atoms with Gasteiger partial charge in [0.15, 0.2) is 5.16 Å². The second-order valence-electron chi connectivity index (χ2n) is 11.1. The number of hydrogen-bond acceptors (Lipinski definition) is 12. The molecule has 0 amide bonds. The predicted octanol–water partition coefficient (Wildman–Crippen LogP) is 4.75. The third-order valence-corrected chi connectivity index (χ3v) is 6.52. The van der Waals surface area contributed by atoms with E-state index in [9.17, 15) is 23.4 Å². The van der Waals surface area contributed by atoms with Crippen LogP contribution < -0.4 is 22.4 Å². The summed E-state index contributed by atoms with van der Waals surface area (Å²) in [6.45, 7) is 17.3. The predicted molar refractivity (Wildman–Crippen MR) is 179 cm³/mol. The molecule has 0 bridgehead atoms. The number of aromatic amines is 2. The summed E-state index contributed by atoms with van der Waals surface area (Å²) in [4.78, 5) is 59.9. The van der Waals surface area contributed by atoms with Crippen molar-refractivity contribution in [2.24, 2.45) is 0 Å². The zero-order valence-corrected chi connectivity index (χ0v) is 29.1. The summed E-state index contributed by atoms with van der Waals surface area (Å²) >= 11 is 5.54. The van der Waals surface area contributed by atoms with Crippen molar-refractivity contribution in [3.63, 3.8) is 0 Å². The second kappa shape index (κ2) is 16.6. The van der Waals surface area contributed by atoms with Gasteiger partial charge in [-0.05, 0) is 24.0 Å². The van der Waals surface area contributed by atoms with Gasteiger partial charge in [-0.2, -0.15) is 27.9 Å². The largest absolute Gasteiger partial charge is 0.403 e. The van der Waals surface area contributed by atoms with Crippen molar-refractivity contribution in [1.29, 1.82) is 5.26 Å². The molecule has 15 heteroatoms. The molecule has 240 valence electrons. The number of thioether (sulfide) groups is 1. The van der Waals surface area contributed by atoms with Crippen molar-refractivity contribution in [2.45, 2.75) is 95.0 Å². The van der Waals surface area contributed by atoms with Crippen LogP contribution in [-0.2, 0) is 23.6 Å². The van der Waals surface area contributed by atoms with Gasteiger partial charge >= 0.3 is 11.3 Å². The molecule has 0 aliphatic heterocycles. The maximum atomic E-state index is 12.1. The fourth-order valence-electron chi connectivity index (χ4n) is 3.29. The number of thiol groups is 1. The first-order valence-electron chi connectivity index (χ1n) is 13.4. The Hall–Kier alpha value is -3.48. The number of aromatic nitrogens is 4. The molecule has 44 heavy (non-hydrogen) atoms. The van der Waals surface area contributed by atoms with Crippen molar-refractivity contribution in [3.05, 3.63) is 64.8 Å². The van der Waals surface area contributed by atoms with Crippen molar-refractivity contribution in [2.75, 3.05) is 6.26 Å². The van der Waals surface area contributed by atoms with E-state index < -0.39 is 27.6 Å².